The van der Waals surface area contributed by atoms with Gasteiger partial charge in [-0.1, -0.05) is 0 Å². The Labute approximate surface area is 120 Å². The van der Waals surface area contributed by atoms with Crippen LogP contribution in [-0.2, 0) is 21.6 Å². The molecule has 0 unspecified atom stereocenters. The van der Waals surface area contributed by atoms with Gasteiger partial charge in [-0.2, -0.15) is 5.10 Å². The molecule has 0 atom stereocenters. The largest absolute Gasteiger partial charge is 0.458 e. The van der Waals surface area contributed by atoms with Crippen LogP contribution >= 0.6 is 11.5 Å². The SMILES string of the molecule is Cc1cc(=O)c(COC(=O)C(C)(C)c2cnsc2)n[nH]1. The summed E-state index contributed by atoms with van der Waals surface area (Å²) in [4.78, 5) is 23.8. The van der Waals surface area contributed by atoms with Crippen LogP contribution in [0.15, 0.2) is 22.4 Å². The van der Waals surface area contributed by atoms with Crippen LogP contribution < -0.4 is 5.43 Å². The lowest BCUT2D eigenvalue weighted by atomic mass is 9.87. The van der Waals surface area contributed by atoms with Gasteiger partial charge in [0.2, 0.25) is 5.43 Å². The molecular weight excluding hydrogens is 278 g/mol. The van der Waals surface area contributed by atoms with Crippen LogP contribution in [0.5, 0.6) is 0 Å². The Bertz CT molecular complexity index is 662. The topological polar surface area (TPSA) is 84.9 Å². The van der Waals surface area contributed by atoms with Gasteiger partial charge >= 0.3 is 5.97 Å². The minimum absolute atomic E-state index is 0.143. The van der Waals surface area contributed by atoms with Gasteiger partial charge in [0.25, 0.3) is 0 Å². The summed E-state index contributed by atoms with van der Waals surface area (Å²) >= 11 is 1.28. The van der Waals surface area contributed by atoms with Gasteiger partial charge in [0.1, 0.15) is 12.3 Å². The van der Waals surface area contributed by atoms with Crippen LogP contribution in [0.2, 0.25) is 0 Å². The minimum atomic E-state index is -0.801. The van der Waals surface area contributed by atoms with Crippen LogP contribution in [0.3, 0.4) is 0 Å². The Morgan fingerprint density at radius 2 is 2.25 bits per heavy atom. The van der Waals surface area contributed by atoms with Crippen molar-refractivity contribution in [2.24, 2.45) is 0 Å². The zero-order valence-electron chi connectivity index (χ0n) is 11.5. The molecule has 106 valence electrons. The fraction of sp³-hybridized carbons (Fsp3) is 0.385. The van der Waals surface area contributed by atoms with E-state index in [-0.39, 0.29) is 17.7 Å². The molecule has 0 amide bonds. The summed E-state index contributed by atoms with van der Waals surface area (Å²) in [7, 11) is 0. The van der Waals surface area contributed by atoms with E-state index in [9.17, 15) is 9.59 Å². The van der Waals surface area contributed by atoms with E-state index in [1.54, 1.807) is 32.3 Å². The molecule has 0 bridgehead atoms. The number of esters is 1. The molecule has 0 saturated heterocycles. The number of ether oxygens (including phenoxy) is 1. The Balaban J connectivity index is 2.07. The Kier molecular flexibility index (Phi) is 3.99. The summed E-state index contributed by atoms with van der Waals surface area (Å²) in [5, 5.41) is 8.35. The first kappa shape index (κ1) is 14.4. The second-order valence-electron chi connectivity index (χ2n) is 4.98. The number of H-pyrrole nitrogens is 1. The molecule has 1 N–H and O–H groups in total. The molecule has 0 radical (unpaired) electrons. The van der Waals surface area contributed by atoms with Crippen molar-refractivity contribution in [2.45, 2.75) is 32.8 Å². The summed E-state index contributed by atoms with van der Waals surface area (Å²) < 4.78 is 9.17. The summed E-state index contributed by atoms with van der Waals surface area (Å²) in [6.07, 6.45) is 1.64. The molecule has 2 aromatic heterocycles. The second-order valence-corrected chi connectivity index (χ2v) is 5.63. The van der Waals surface area contributed by atoms with Crippen molar-refractivity contribution in [1.29, 1.82) is 0 Å². The second kappa shape index (κ2) is 5.54. The van der Waals surface area contributed by atoms with Gasteiger partial charge in [0.15, 0.2) is 0 Å². The molecule has 2 rings (SSSR count). The van der Waals surface area contributed by atoms with E-state index in [0.29, 0.717) is 5.69 Å². The molecule has 0 aliphatic rings. The predicted octanol–water partition coefficient (Wildman–Crippen LogP) is 1.56. The van der Waals surface area contributed by atoms with Crippen LogP contribution in [-0.4, -0.2) is 20.5 Å². The zero-order chi connectivity index (χ0) is 14.8. The smallest absolute Gasteiger partial charge is 0.316 e. The van der Waals surface area contributed by atoms with Gasteiger partial charge in [-0.05, 0) is 37.9 Å². The number of aromatic nitrogens is 3. The van der Waals surface area contributed by atoms with E-state index in [4.69, 9.17) is 4.74 Å². The van der Waals surface area contributed by atoms with Crippen LogP contribution in [0.4, 0.5) is 0 Å². The molecule has 6 nitrogen and oxygen atoms in total. The standard InChI is InChI=1S/C13H15N3O3S/c1-8-4-11(17)10(16-15-8)6-19-12(18)13(2,3)9-5-14-20-7-9/h4-5,7H,6H2,1-3H3,(H,15,17). The first-order chi connectivity index (χ1) is 9.41. The summed E-state index contributed by atoms with van der Waals surface area (Å²) in [5.74, 6) is -0.417. The van der Waals surface area contributed by atoms with E-state index < -0.39 is 11.4 Å². The third-order valence-corrected chi connectivity index (χ3v) is 3.59. The van der Waals surface area contributed by atoms with Crippen LogP contribution in [0, 0.1) is 6.92 Å². The van der Waals surface area contributed by atoms with Crippen molar-refractivity contribution < 1.29 is 9.53 Å². The van der Waals surface area contributed by atoms with Crippen molar-refractivity contribution in [3.63, 3.8) is 0 Å². The van der Waals surface area contributed by atoms with E-state index in [1.165, 1.54) is 17.6 Å². The Morgan fingerprint density at radius 3 is 2.85 bits per heavy atom. The third-order valence-electron chi connectivity index (χ3n) is 3.00. The third kappa shape index (κ3) is 2.93. The monoisotopic (exact) mass is 293 g/mol. The van der Waals surface area contributed by atoms with Gasteiger partial charge in [-0.15, -0.1) is 0 Å². The highest BCUT2D eigenvalue weighted by Gasteiger charge is 2.32. The number of carbonyl (C=O) groups is 1. The lowest BCUT2D eigenvalue weighted by Crippen LogP contribution is -2.31. The predicted molar refractivity (Wildman–Crippen MR) is 74.5 cm³/mol. The lowest BCUT2D eigenvalue weighted by Gasteiger charge is -2.20. The van der Waals surface area contributed by atoms with Crippen molar-refractivity contribution in [3.05, 3.63) is 44.8 Å². The molecule has 2 aromatic rings. The number of aromatic amines is 1. The summed E-state index contributed by atoms with van der Waals surface area (Å²) in [6, 6.07) is 1.42. The highest BCUT2D eigenvalue weighted by Crippen LogP contribution is 2.25. The summed E-state index contributed by atoms with van der Waals surface area (Å²) in [5.41, 5.74) is 0.588. The first-order valence-electron chi connectivity index (χ1n) is 6.03. The van der Waals surface area contributed by atoms with Crippen molar-refractivity contribution in [2.75, 3.05) is 0 Å². The highest BCUT2D eigenvalue weighted by atomic mass is 32.1. The average molecular weight is 293 g/mol. The van der Waals surface area contributed by atoms with Crippen LogP contribution in [0.25, 0.3) is 0 Å². The summed E-state index contributed by atoms with van der Waals surface area (Å²) in [6.45, 7) is 5.10. The molecule has 2 heterocycles. The molecule has 0 spiro atoms. The molecule has 0 saturated carbocycles. The van der Waals surface area contributed by atoms with E-state index in [0.717, 1.165) is 5.56 Å². The Hall–Kier alpha value is -2.02. The maximum Gasteiger partial charge on any atom is 0.316 e. The molecular formula is C13H15N3O3S. The van der Waals surface area contributed by atoms with Crippen LogP contribution in [0.1, 0.15) is 30.8 Å². The molecule has 0 aliphatic carbocycles. The van der Waals surface area contributed by atoms with E-state index in [2.05, 4.69) is 14.6 Å². The van der Waals surface area contributed by atoms with E-state index >= 15 is 0 Å². The zero-order valence-corrected chi connectivity index (χ0v) is 12.3. The van der Waals surface area contributed by atoms with Gasteiger partial charge in [0.05, 0.1) is 5.41 Å². The molecule has 20 heavy (non-hydrogen) atoms. The van der Waals surface area contributed by atoms with Crippen molar-refractivity contribution in [1.82, 2.24) is 14.6 Å². The number of carbonyl (C=O) groups excluding carboxylic acids is 1. The number of nitrogens with zero attached hydrogens (tertiary/aromatic N) is 2. The number of rotatable bonds is 4. The molecule has 0 aliphatic heterocycles. The Morgan fingerprint density at radius 1 is 1.50 bits per heavy atom. The van der Waals surface area contributed by atoms with Gasteiger partial charge in [0, 0.05) is 23.3 Å². The van der Waals surface area contributed by atoms with Crippen molar-refractivity contribution >= 4 is 17.5 Å². The molecule has 0 fully saturated rings. The van der Waals surface area contributed by atoms with Gasteiger partial charge < -0.3 is 4.74 Å². The van der Waals surface area contributed by atoms with Gasteiger partial charge in [-0.25, -0.2) is 4.37 Å². The number of nitrogens with one attached hydrogen (secondary N) is 1. The van der Waals surface area contributed by atoms with Gasteiger partial charge in [-0.3, -0.25) is 14.7 Å². The van der Waals surface area contributed by atoms with E-state index in [1.807, 2.05) is 0 Å². The first-order valence-corrected chi connectivity index (χ1v) is 6.87. The maximum absolute atomic E-state index is 12.1. The molecule has 7 heteroatoms. The minimum Gasteiger partial charge on any atom is -0.458 e. The lowest BCUT2D eigenvalue weighted by molar-refractivity contribution is -0.150. The normalized spacial score (nSPS) is 11.3. The fourth-order valence-corrected chi connectivity index (χ4v) is 2.28. The fourth-order valence-electron chi connectivity index (χ4n) is 1.57. The number of aryl methyl sites for hydroxylation is 1. The average Bonchev–Trinajstić information content (AvgIpc) is 2.91. The quantitative estimate of drug-likeness (QED) is 0.865. The number of hydrogen-bond acceptors (Lipinski definition) is 6. The van der Waals surface area contributed by atoms with Crippen molar-refractivity contribution in [3.8, 4) is 0 Å². The molecule has 0 aromatic carbocycles. The maximum atomic E-state index is 12.1. The highest BCUT2D eigenvalue weighted by molar-refractivity contribution is 7.03. The number of hydrogen-bond donors (Lipinski definition) is 1.